The number of H-pyrrole nitrogens is 2. The van der Waals surface area contributed by atoms with Crippen LogP contribution in [-0.4, -0.2) is 29.8 Å². The van der Waals surface area contributed by atoms with E-state index in [1.54, 1.807) is 24.3 Å². The molecule has 0 spiro atoms. The zero-order chi connectivity index (χ0) is 33.4. The molecule has 0 aliphatic rings. The van der Waals surface area contributed by atoms with Crippen LogP contribution in [0.4, 0.5) is 11.4 Å². The van der Waals surface area contributed by atoms with Gasteiger partial charge < -0.3 is 9.97 Å². The van der Waals surface area contributed by atoms with E-state index < -0.39 is 9.85 Å². The van der Waals surface area contributed by atoms with E-state index in [-0.39, 0.29) is 11.4 Å². The molecule has 7 aromatic rings. The summed E-state index contributed by atoms with van der Waals surface area (Å²) in [7, 11) is 0. The summed E-state index contributed by atoms with van der Waals surface area (Å²) in [6.07, 6.45) is 0. The van der Waals surface area contributed by atoms with Crippen molar-refractivity contribution >= 4 is 43.2 Å². The van der Waals surface area contributed by atoms with E-state index in [0.29, 0.717) is 43.1 Å². The van der Waals surface area contributed by atoms with Crippen LogP contribution in [0.25, 0.3) is 67.8 Å². The first-order chi connectivity index (χ1) is 23.3. The van der Waals surface area contributed by atoms with Crippen LogP contribution < -0.4 is 0 Å². The molecule has 12 heteroatoms. The summed E-state index contributed by atoms with van der Waals surface area (Å²) in [5.41, 5.74) is 7.44. The lowest BCUT2D eigenvalue weighted by atomic mass is 10.0. The number of benzene rings is 5. The van der Waals surface area contributed by atoms with Gasteiger partial charge in [0, 0.05) is 45.5 Å². The fourth-order valence-corrected chi connectivity index (χ4v) is 6.23. The zero-order valence-corrected chi connectivity index (χ0v) is 27.9. The van der Waals surface area contributed by atoms with Crippen LogP contribution in [0.5, 0.6) is 0 Å². The third-order valence-corrected chi connectivity index (χ3v) is 9.14. The second-order valence-electron chi connectivity index (χ2n) is 10.8. The number of aromatic nitrogens is 4. The molecule has 0 atom stereocenters. The van der Waals surface area contributed by atoms with Crippen molar-refractivity contribution in [3.63, 3.8) is 0 Å². The lowest BCUT2D eigenvalue weighted by Crippen LogP contribution is -1.91. The molecule has 10 nitrogen and oxygen atoms in total. The predicted molar refractivity (Wildman–Crippen MR) is 192 cm³/mol. The van der Waals surface area contributed by atoms with Gasteiger partial charge in [0.15, 0.2) is 0 Å². The first-order valence-corrected chi connectivity index (χ1v) is 16.2. The summed E-state index contributed by atoms with van der Waals surface area (Å²) in [4.78, 5) is 39.0. The molecule has 0 radical (unpaired) electrons. The summed E-state index contributed by atoms with van der Waals surface area (Å²) in [5.74, 6) is 0.993. The Morgan fingerprint density at radius 1 is 0.479 bits per heavy atom. The number of halogens is 2. The van der Waals surface area contributed by atoms with Gasteiger partial charge >= 0.3 is 0 Å². The highest BCUT2D eigenvalue weighted by Gasteiger charge is 2.21. The molecule has 7 rings (SSSR count). The fraction of sp³-hybridized carbons (Fsp3) is 0. The summed E-state index contributed by atoms with van der Waals surface area (Å²) in [5, 5.41) is 23.3. The third-order valence-electron chi connectivity index (χ3n) is 7.80. The lowest BCUT2D eigenvalue weighted by molar-refractivity contribution is -0.385. The molecular formula is C36H22Br2N6O4. The number of nitro groups is 2. The molecular weight excluding hydrogens is 740 g/mol. The van der Waals surface area contributed by atoms with Gasteiger partial charge in [-0.25, -0.2) is 9.97 Å². The van der Waals surface area contributed by atoms with Gasteiger partial charge in [0.1, 0.15) is 11.6 Å². The number of aromatic amines is 2. The average molecular weight is 762 g/mol. The zero-order valence-electron chi connectivity index (χ0n) is 24.7. The molecule has 0 saturated carbocycles. The van der Waals surface area contributed by atoms with Gasteiger partial charge in [-0.05, 0) is 56.1 Å². The number of imidazole rings is 2. The van der Waals surface area contributed by atoms with Crippen LogP contribution in [-0.2, 0) is 0 Å². The molecule has 0 aliphatic carbocycles. The summed E-state index contributed by atoms with van der Waals surface area (Å²) in [6, 6.07) is 37.2. The van der Waals surface area contributed by atoms with E-state index in [1.165, 1.54) is 12.1 Å². The number of nitrogens with zero attached hydrogens (tertiary/aromatic N) is 4. The van der Waals surface area contributed by atoms with E-state index in [0.717, 1.165) is 33.6 Å². The van der Waals surface area contributed by atoms with Crippen LogP contribution >= 0.6 is 31.9 Å². The van der Waals surface area contributed by atoms with Gasteiger partial charge in [-0.2, -0.15) is 0 Å². The smallest absolute Gasteiger partial charge is 0.284 e. The highest BCUT2D eigenvalue weighted by atomic mass is 79.9. The maximum Gasteiger partial charge on any atom is 0.284 e. The van der Waals surface area contributed by atoms with Crippen molar-refractivity contribution in [2.24, 2.45) is 0 Å². The van der Waals surface area contributed by atoms with Gasteiger partial charge in [-0.3, -0.25) is 20.2 Å². The number of rotatable bonds is 8. The van der Waals surface area contributed by atoms with E-state index in [9.17, 15) is 20.2 Å². The summed E-state index contributed by atoms with van der Waals surface area (Å²) < 4.78 is 0.772. The Hall–Kier alpha value is -5.72. The van der Waals surface area contributed by atoms with Crippen molar-refractivity contribution in [1.82, 2.24) is 19.9 Å². The third kappa shape index (κ3) is 5.94. The van der Waals surface area contributed by atoms with Gasteiger partial charge in [0.25, 0.3) is 11.4 Å². The molecule has 2 aromatic heterocycles. The summed E-state index contributed by atoms with van der Waals surface area (Å²) >= 11 is 6.52. The highest BCUT2D eigenvalue weighted by molar-refractivity contribution is 9.11. The quantitative estimate of drug-likeness (QED) is 0.117. The number of hydrogen-bond acceptors (Lipinski definition) is 6. The average Bonchev–Trinajstić information content (AvgIpc) is 3.76. The second kappa shape index (κ2) is 12.8. The normalized spacial score (nSPS) is 11.0. The molecule has 0 aliphatic heterocycles. The maximum atomic E-state index is 11.6. The standard InChI is InChI=1S/C36H22Br2N6O4/c37-27-17-15-25(19-29(27)43(45)46)35-39-31(21-7-3-1-4-8-21)33(41-35)23-11-13-24(14-12-23)34-32(22-9-5-2-6-10-22)40-36(42-34)26-16-18-28(38)30(20-26)44(47)48/h1-20H,(H,39,41)(H,40,42). The Morgan fingerprint density at radius 2 is 0.833 bits per heavy atom. The van der Waals surface area contributed by atoms with E-state index in [1.807, 2.05) is 84.9 Å². The molecule has 234 valence electrons. The minimum atomic E-state index is -0.434. The minimum Gasteiger partial charge on any atom is -0.337 e. The van der Waals surface area contributed by atoms with Gasteiger partial charge in [0.2, 0.25) is 0 Å². The van der Waals surface area contributed by atoms with Gasteiger partial charge in [-0.1, -0.05) is 84.9 Å². The Kier molecular flexibility index (Phi) is 8.26. The van der Waals surface area contributed by atoms with Crippen LogP contribution in [0.1, 0.15) is 0 Å². The van der Waals surface area contributed by atoms with Crippen LogP contribution in [0, 0.1) is 20.2 Å². The number of nitro benzene ring substituents is 2. The first kappa shape index (κ1) is 30.9. The van der Waals surface area contributed by atoms with Crippen molar-refractivity contribution in [3.8, 4) is 67.8 Å². The Bertz CT molecular complexity index is 2160. The minimum absolute atomic E-state index is 0.0537. The molecule has 0 bridgehead atoms. The molecule has 48 heavy (non-hydrogen) atoms. The molecule has 2 heterocycles. The number of hydrogen-bond donors (Lipinski definition) is 2. The fourth-order valence-electron chi connectivity index (χ4n) is 5.45. The largest absolute Gasteiger partial charge is 0.337 e. The molecule has 0 saturated heterocycles. The van der Waals surface area contributed by atoms with Crippen molar-refractivity contribution in [2.45, 2.75) is 0 Å². The highest BCUT2D eigenvalue weighted by Crippen LogP contribution is 2.39. The topological polar surface area (TPSA) is 144 Å². The first-order valence-electron chi connectivity index (χ1n) is 14.6. The number of nitrogens with one attached hydrogen (secondary N) is 2. The Balaban J connectivity index is 1.32. The summed E-state index contributed by atoms with van der Waals surface area (Å²) in [6.45, 7) is 0. The molecule has 2 N–H and O–H groups in total. The van der Waals surface area contributed by atoms with E-state index in [2.05, 4.69) is 41.8 Å². The van der Waals surface area contributed by atoms with E-state index >= 15 is 0 Å². The van der Waals surface area contributed by atoms with Crippen molar-refractivity contribution in [2.75, 3.05) is 0 Å². The van der Waals surface area contributed by atoms with Crippen LogP contribution in [0.3, 0.4) is 0 Å². The van der Waals surface area contributed by atoms with Crippen molar-refractivity contribution in [3.05, 3.63) is 151 Å². The molecule has 0 amide bonds. The monoisotopic (exact) mass is 760 g/mol. The maximum absolute atomic E-state index is 11.6. The molecule has 0 fully saturated rings. The Morgan fingerprint density at radius 3 is 1.27 bits per heavy atom. The van der Waals surface area contributed by atoms with Gasteiger partial charge in [0.05, 0.1) is 41.6 Å². The van der Waals surface area contributed by atoms with Gasteiger partial charge in [-0.15, -0.1) is 0 Å². The van der Waals surface area contributed by atoms with Crippen molar-refractivity contribution in [1.29, 1.82) is 0 Å². The van der Waals surface area contributed by atoms with Crippen LogP contribution in [0.2, 0.25) is 0 Å². The molecule has 0 unspecified atom stereocenters. The van der Waals surface area contributed by atoms with Crippen LogP contribution in [0.15, 0.2) is 130 Å². The predicted octanol–water partition coefficient (Wildman–Crippen LogP) is 10.5. The Labute approximate surface area is 290 Å². The SMILES string of the molecule is O=[N+]([O-])c1cc(-c2nc(-c3ccc(-c4[nH]c(-c5ccc(Br)c([N+](=O)[O-])c5)nc4-c4ccccc4)cc3)c(-c3ccccc3)[nH]2)ccc1Br. The van der Waals surface area contributed by atoms with Crippen molar-refractivity contribution < 1.29 is 9.85 Å². The lowest BCUT2D eigenvalue weighted by Gasteiger charge is -2.06. The molecule has 5 aromatic carbocycles. The van der Waals surface area contributed by atoms with E-state index in [4.69, 9.17) is 9.97 Å². The second-order valence-corrected chi connectivity index (χ2v) is 12.5.